The fourth-order valence-electron chi connectivity index (χ4n) is 1.90. The molecule has 19 heavy (non-hydrogen) atoms. The van der Waals surface area contributed by atoms with Crippen molar-refractivity contribution in [3.63, 3.8) is 0 Å². The molecular weight excluding hydrogens is 252 g/mol. The number of rotatable bonds is 6. The summed E-state index contributed by atoms with van der Waals surface area (Å²) in [5.41, 5.74) is 0.851. The first-order valence-electron chi connectivity index (χ1n) is 7.39. The van der Waals surface area contributed by atoms with Crippen LogP contribution in [0.3, 0.4) is 0 Å². The van der Waals surface area contributed by atoms with Crippen LogP contribution in [-0.4, -0.2) is 21.6 Å². The summed E-state index contributed by atoms with van der Waals surface area (Å²) in [5, 5.41) is 1.70. The number of carbonyl (C=O) groups is 1. The van der Waals surface area contributed by atoms with Gasteiger partial charge in [0.1, 0.15) is 0 Å². The van der Waals surface area contributed by atoms with Crippen LogP contribution in [0.2, 0.25) is 5.04 Å². The van der Waals surface area contributed by atoms with Gasteiger partial charge in [0.05, 0.1) is 15.6 Å². The average Bonchev–Trinajstić information content (AvgIpc) is 2.23. The minimum absolute atomic E-state index is 0.0457. The number of hydrogen-bond donors (Lipinski definition) is 0. The van der Waals surface area contributed by atoms with E-state index < -0.39 is 9.52 Å². The van der Waals surface area contributed by atoms with Crippen molar-refractivity contribution in [2.45, 2.75) is 73.5 Å². The Balaban J connectivity index is 5.25. The largest absolute Gasteiger partial charge is 0.460 e. The van der Waals surface area contributed by atoms with Crippen molar-refractivity contribution in [3.8, 4) is 0 Å². The highest BCUT2D eigenvalue weighted by Gasteiger charge is 2.27. The highest BCUT2D eigenvalue weighted by Crippen LogP contribution is 2.36. The van der Waals surface area contributed by atoms with Gasteiger partial charge in [-0.2, -0.15) is 0 Å². The number of hydrogen-bond acceptors (Lipinski definition) is 2. The molecule has 0 saturated heterocycles. The summed E-state index contributed by atoms with van der Waals surface area (Å²) in [6.45, 7) is 19.3. The van der Waals surface area contributed by atoms with Gasteiger partial charge in [0.25, 0.3) is 0 Å². The second-order valence-electron chi connectivity index (χ2n) is 7.08. The van der Waals surface area contributed by atoms with Gasteiger partial charge in [0.15, 0.2) is 0 Å². The summed E-state index contributed by atoms with van der Waals surface area (Å²) in [6.07, 6.45) is -0.0457. The summed E-state index contributed by atoms with van der Waals surface area (Å²) in [6, 6.07) is 0. The zero-order valence-corrected chi connectivity index (χ0v) is 15.7. The van der Waals surface area contributed by atoms with Gasteiger partial charge in [-0.1, -0.05) is 46.7 Å². The van der Waals surface area contributed by atoms with Gasteiger partial charge in [-0.3, -0.25) is 0 Å². The van der Waals surface area contributed by atoms with Crippen molar-refractivity contribution >= 4 is 15.5 Å². The summed E-state index contributed by atoms with van der Waals surface area (Å²) in [5.74, 6) is 0.942. The molecule has 112 valence electrons. The van der Waals surface area contributed by atoms with Crippen LogP contribution in [0.25, 0.3) is 0 Å². The lowest BCUT2D eigenvalue weighted by atomic mass is 9.99. The smallest absolute Gasteiger partial charge is 0.333 e. The molecule has 0 heterocycles. The van der Waals surface area contributed by atoms with Crippen LogP contribution in [0.4, 0.5) is 0 Å². The van der Waals surface area contributed by atoms with Gasteiger partial charge in [0.2, 0.25) is 0 Å². The molecule has 0 N–H and O–H groups in total. The van der Waals surface area contributed by atoms with Crippen molar-refractivity contribution in [2.24, 2.45) is 11.8 Å². The Bertz CT molecular complexity index is 339. The van der Waals surface area contributed by atoms with E-state index in [9.17, 15) is 4.79 Å². The molecule has 0 aromatic heterocycles. The van der Waals surface area contributed by atoms with Crippen LogP contribution in [-0.2, 0) is 9.53 Å². The lowest BCUT2D eigenvalue weighted by Crippen LogP contribution is -2.26. The fraction of sp³-hybridized carbons (Fsp3) is 0.812. The topological polar surface area (TPSA) is 26.3 Å². The number of allylic oxidation sites excluding steroid dienone is 1. The lowest BCUT2D eigenvalue weighted by molar-refractivity contribution is -0.142. The molecule has 0 spiro atoms. The van der Waals surface area contributed by atoms with Crippen LogP contribution in [0.5, 0.6) is 0 Å². The minimum Gasteiger partial charge on any atom is -0.460 e. The van der Waals surface area contributed by atoms with Gasteiger partial charge in [0, 0.05) is 5.57 Å². The molecule has 0 aliphatic heterocycles. The highest BCUT2D eigenvalue weighted by atomic mass is 28.2. The first kappa shape index (κ1) is 18.4. The summed E-state index contributed by atoms with van der Waals surface area (Å²) in [4.78, 5) is 12.1. The molecule has 0 rings (SSSR count). The van der Waals surface area contributed by atoms with E-state index in [1.54, 1.807) is 0 Å². The number of ether oxygens (including phenoxy) is 1. The quantitative estimate of drug-likeness (QED) is 0.420. The molecule has 0 radical (unpaired) electrons. The van der Waals surface area contributed by atoms with Crippen LogP contribution >= 0.6 is 0 Å². The molecule has 0 fully saturated rings. The Morgan fingerprint density at radius 2 is 1.53 bits per heavy atom. The maximum Gasteiger partial charge on any atom is 0.333 e. The normalized spacial score (nSPS) is 14.7. The van der Waals surface area contributed by atoms with Crippen molar-refractivity contribution < 1.29 is 9.53 Å². The average molecular weight is 285 g/mol. The SMILES string of the molecule is CC(C(=O)OC(C)C)=C([SiH2]C(C)(C)C(C)C)C(C)C. The predicted molar refractivity (Wildman–Crippen MR) is 86.2 cm³/mol. The molecule has 0 aromatic rings. The molecule has 0 aliphatic rings. The van der Waals surface area contributed by atoms with Crippen molar-refractivity contribution in [1.29, 1.82) is 0 Å². The van der Waals surface area contributed by atoms with E-state index >= 15 is 0 Å². The third-order valence-corrected chi connectivity index (χ3v) is 7.49. The van der Waals surface area contributed by atoms with Gasteiger partial charge in [-0.25, -0.2) is 4.79 Å². The van der Waals surface area contributed by atoms with Gasteiger partial charge in [-0.05, 0) is 37.6 Å². The third kappa shape index (κ3) is 5.94. The molecular formula is C16H32O2Si. The first-order chi connectivity index (χ1) is 8.49. The van der Waals surface area contributed by atoms with Gasteiger partial charge in [-0.15, -0.1) is 0 Å². The predicted octanol–water partition coefficient (Wildman–Crippen LogP) is 3.89. The summed E-state index contributed by atoms with van der Waals surface area (Å²) in [7, 11) is -0.487. The minimum atomic E-state index is -0.487. The third-order valence-electron chi connectivity index (χ3n) is 4.04. The second-order valence-corrected chi connectivity index (χ2v) is 10.0. The zero-order valence-electron chi connectivity index (χ0n) is 14.3. The van der Waals surface area contributed by atoms with E-state index in [0.717, 1.165) is 5.57 Å². The van der Waals surface area contributed by atoms with E-state index in [4.69, 9.17) is 4.74 Å². The van der Waals surface area contributed by atoms with Crippen LogP contribution < -0.4 is 0 Å². The molecule has 0 atom stereocenters. The maximum absolute atomic E-state index is 12.1. The maximum atomic E-state index is 12.1. The Morgan fingerprint density at radius 3 is 1.84 bits per heavy atom. The standard InChI is InChI=1S/C16H32O2Si/c1-10(2)14(19-16(8,9)11(3)4)13(7)15(17)18-12(5)6/h10-12H,19H2,1-9H3. The van der Waals surface area contributed by atoms with Crippen molar-refractivity contribution in [3.05, 3.63) is 10.8 Å². The number of carbonyl (C=O) groups excluding carboxylic acids is 1. The summed E-state index contributed by atoms with van der Waals surface area (Å²) < 4.78 is 5.34. The number of esters is 1. The van der Waals surface area contributed by atoms with Crippen molar-refractivity contribution in [2.75, 3.05) is 0 Å². The molecule has 0 aromatic carbocycles. The molecule has 0 bridgehead atoms. The Labute approximate surface area is 121 Å². The van der Waals surface area contributed by atoms with Gasteiger partial charge >= 0.3 is 5.97 Å². The molecule has 0 amide bonds. The van der Waals surface area contributed by atoms with Crippen molar-refractivity contribution in [1.82, 2.24) is 0 Å². The monoisotopic (exact) mass is 284 g/mol. The van der Waals surface area contributed by atoms with Gasteiger partial charge < -0.3 is 4.74 Å². The Hall–Kier alpha value is -0.573. The molecule has 0 aliphatic carbocycles. The fourth-order valence-corrected chi connectivity index (χ4v) is 4.11. The Kier molecular flexibility index (Phi) is 7.05. The van der Waals surface area contributed by atoms with E-state index in [-0.39, 0.29) is 12.1 Å². The van der Waals surface area contributed by atoms with Crippen LogP contribution in [0.1, 0.15) is 62.3 Å². The zero-order chi connectivity index (χ0) is 15.4. The highest BCUT2D eigenvalue weighted by molar-refractivity contribution is 6.50. The Morgan fingerprint density at radius 1 is 1.05 bits per heavy atom. The van der Waals surface area contributed by atoms with E-state index in [2.05, 4.69) is 41.5 Å². The van der Waals surface area contributed by atoms with E-state index in [1.807, 2.05) is 20.8 Å². The molecule has 0 saturated carbocycles. The lowest BCUT2D eigenvalue weighted by Gasteiger charge is -2.32. The van der Waals surface area contributed by atoms with E-state index in [1.165, 1.54) is 5.20 Å². The van der Waals surface area contributed by atoms with E-state index in [0.29, 0.717) is 16.9 Å². The van der Waals surface area contributed by atoms with Crippen LogP contribution in [0.15, 0.2) is 10.8 Å². The summed E-state index contributed by atoms with van der Waals surface area (Å²) >= 11 is 0. The molecule has 0 unspecified atom stereocenters. The molecule has 2 nitrogen and oxygen atoms in total. The second kappa shape index (κ2) is 7.27. The van der Waals surface area contributed by atoms with Crippen LogP contribution in [0, 0.1) is 11.8 Å². The first-order valence-corrected chi connectivity index (χ1v) is 8.81. The molecule has 3 heteroatoms.